The molecule has 4 atom stereocenters. The van der Waals surface area contributed by atoms with Gasteiger partial charge in [0.05, 0.1) is 5.56 Å². The van der Waals surface area contributed by atoms with Crippen molar-refractivity contribution in [1.82, 2.24) is 0 Å². The number of carbonyl (C=O) groups excluding carboxylic acids is 1. The van der Waals surface area contributed by atoms with Crippen LogP contribution in [0.5, 0.6) is 0 Å². The fourth-order valence-corrected chi connectivity index (χ4v) is 2.78. The summed E-state index contributed by atoms with van der Waals surface area (Å²) in [6.07, 6.45) is -1.57. The summed E-state index contributed by atoms with van der Waals surface area (Å²) in [7, 11) is 1.58. The number of fused-ring (bicyclic) bond motifs is 1. The van der Waals surface area contributed by atoms with Crippen molar-refractivity contribution >= 4 is 5.97 Å². The second-order valence-electron chi connectivity index (χ2n) is 5.81. The van der Waals surface area contributed by atoms with Crippen LogP contribution in [-0.2, 0) is 23.7 Å². The number of ether oxygens (including phenoxy) is 5. The highest BCUT2D eigenvalue weighted by Gasteiger charge is 2.55. The average Bonchev–Trinajstić information content (AvgIpc) is 2.96. The first-order chi connectivity index (χ1) is 10.5. The molecule has 3 rings (SSSR count). The van der Waals surface area contributed by atoms with E-state index in [2.05, 4.69) is 0 Å². The largest absolute Gasteiger partial charge is 0.459 e. The van der Waals surface area contributed by atoms with Crippen molar-refractivity contribution in [2.75, 3.05) is 13.7 Å². The van der Waals surface area contributed by atoms with Gasteiger partial charge in [0, 0.05) is 7.11 Å². The number of hydrogen-bond acceptors (Lipinski definition) is 6. The van der Waals surface area contributed by atoms with Gasteiger partial charge in [-0.3, -0.25) is 0 Å². The highest BCUT2D eigenvalue weighted by Crippen LogP contribution is 2.38. The van der Waals surface area contributed by atoms with Crippen molar-refractivity contribution in [3.63, 3.8) is 0 Å². The summed E-state index contributed by atoms with van der Waals surface area (Å²) in [5, 5.41) is 0. The van der Waals surface area contributed by atoms with Crippen LogP contribution >= 0.6 is 0 Å². The Balaban J connectivity index is 1.59. The lowest BCUT2D eigenvalue weighted by molar-refractivity contribution is -0.220. The van der Waals surface area contributed by atoms with Crippen LogP contribution in [0.1, 0.15) is 24.2 Å². The maximum atomic E-state index is 12.0. The lowest BCUT2D eigenvalue weighted by Crippen LogP contribution is -2.38. The van der Waals surface area contributed by atoms with Gasteiger partial charge in [-0.15, -0.1) is 0 Å². The van der Waals surface area contributed by atoms with Crippen molar-refractivity contribution in [3.8, 4) is 0 Å². The maximum Gasteiger partial charge on any atom is 0.338 e. The van der Waals surface area contributed by atoms with Gasteiger partial charge in [0.15, 0.2) is 12.1 Å². The Morgan fingerprint density at radius 2 is 1.95 bits per heavy atom. The second-order valence-corrected chi connectivity index (χ2v) is 5.81. The summed E-state index contributed by atoms with van der Waals surface area (Å²) in [6.45, 7) is 3.74. The topological polar surface area (TPSA) is 63.2 Å². The Labute approximate surface area is 129 Å². The number of rotatable bonds is 4. The number of carbonyl (C=O) groups is 1. The lowest BCUT2D eigenvalue weighted by Gasteiger charge is -2.24. The molecule has 22 heavy (non-hydrogen) atoms. The third-order valence-electron chi connectivity index (χ3n) is 3.75. The van der Waals surface area contributed by atoms with E-state index in [0.717, 1.165) is 0 Å². The van der Waals surface area contributed by atoms with Gasteiger partial charge in [-0.25, -0.2) is 4.79 Å². The Hall–Kier alpha value is -1.47. The van der Waals surface area contributed by atoms with E-state index in [4.69, 9.17) is 23.7 Å². The van der Waals surface area contributed by atoms with Gasteiger partial charge in [-0.1, -0.05) is 18.2 Å². The molecule has 1 aromatic carbocycles. The van der Waals surface area contributed by atoms with E-state index < -0.39 is 24.2 Å². The van der Waals surface area contributed by atoms with Gasteiger partial charge in [0.2, 0.25) is 0 Å². The molecule has 1 aromatic rings. The van der Waals surface area contributed by atoms with Crippen molar-refractivity contribution < 1.29 is 28.5 Å². The van der Waals surface area contributed by atoms with Crippen molar-refractivity contribution in [1.29, 1.82) is 0 Å². The predicted octanol–water partition coefficient (Wildman–Crippen LogP) is 1.73. The first kappa shape index (κ1) is 15.4. The first-order valence-corrected chi connectivity index (χ1v) is 7.26. The van der Waals surface area contributed by atoms with Crippen LogP contribution in [0.2, 0.25) is 0 Å². The van der Waals surface area contributed by atoms with Gasteiger partial charge >= 0.3 is 5.97 Å². The predicted molar refractivity (Wildman–Crippen MR) is 76.2 cm³/mol. The zero-order valence-electron chi connectivity index (χ0n) is 12.9. The smallest absolute Gasteiger partial charge is 0.338 e. The fraction of sp³-hybridized carbons (Fsp3) is 0.562. The van der Waals surface area contributed by atoms with Crippen molar-refractivity contribution in [2.24, 2.45) is 0 Å². The minimum absolute atomic E-state index is 0.0897. The van der Waals surface area contributed by atoms with Gasteiger partial charge < -0.3 is 23.7 Å². The van der Waals surface area contributed by atoms with Crippen molar-refractivity contribution in [2.45, 2.75) is 44.2 Å². The third kappa shape index (κ3) is 3.01. The molecule has 2 unspecified atom stereocenters. The molecule has 0 saturated carbocycles. The van der Waals surface area contributed by atoms with Crippen LogP contribution in [0.3, 0.4) is 0 Å². The van der Waals surface area contributed by atoms with E-state index in [-0.39, 0.29) is 18.8 Å². The molecular weight excluding hydrogens is 288 g/mol. The summed E-state index contributed by atoms with van der Waals surface area (Å²) < 4.78 is 28.0. The van der Waals surface area contributed by atoms with E-state index in [1.54, 1.807) is 31.4 Å². The van der Waals surface area contributed by atoms with Crippen LogP contribution in [0, 0.1) is 0 Å². The number of benzene rings is 1. The minimum atomic E-state index is -0.697. The highest BCUT2D eigenvalue weighted by atomic mass is 16.8. The average molecular weight is 308 g/mol. The monoisotopic (exact) mass is 308 g/mol. The molecule has 0 aliphatic carbocycles. The van der Waals surface area contributed by atoms with Gasteiger partial charge in [-0.05, 0) is 26.0 Å². The number of hydrogen-bond donors (Lipinski definition) is 0. The lowest BCUT2D eigenvalue weighted by atomic mass is 10.1. The van der Waals surface area contributed by atoms with Gasteiger partial charge in [0.25, 0.3) is 0 Å². The molecule has 2 fully saturated rings. The SMILES string of the molecule is COC1C(COC(=O)c2ccccc2)O[C@@H]2OC(C)(C)O[C@H]12. The molecule has 120 valence electrons. The summed E-state index contributed by atoms with van der Waals surface area (Å²) in [5.74, 6) is -1.09. The van der Waals surface area contributed by atoms with Gasteiger partial charge in [-0.2, -0.15) is 0 Å². The Bertz CT molecular complexity index is 529. The molecule has 6 nitrogen and oxygen atoms in total. The van der Waals surface area contributed by atoms with Crippen molar-refractivity contribution in [3.05, 3.63) is 35.9 Å². The zero-order chi connectivity index (χ0) is 15.7. The van der Waals surface area contributed by atoms with Crippen LogP contribution in [0.4, 0.5) is 0 Å². The minimum Gasteiger partial charge on any atom is -0.459 e. The third-order valence-corrected chi connectivity index (χ3v) is 3.75. The summed E-state index contributed by atoms with van der Waals surface area (Å²) >= 11 is 0. The second kappa shape index (κ2) is 5.96. The molecule has 2 aliphatic heterocycles. The maximum absolute atomic E-state index is 12.0. The summed E-state index contributed by atoms with van der Waals surface area (Å²) in [6, 6.07) is 8.82. The quantitative estimate of drug-likeness (QED) is 0.790. The molecule has 2 heterocycles. The molecule has 0 radical (unpaired) electrons. The van der Waals surface area contributed by atoms with Crippen LogP contribution in [0.25, 0.3) is 0 Å². The fourth-order valence-electron chi connectivity index (χ4n) is 2.78. The molecule has 2 aliphatic rings. The molecule has 0 bridgehead atoms. The molecular formula is C16H20O6. The Morgan fingerprint density at radius 3 is 2.64 bits per heavy atom. The zero-order valence-corrected chi connectivity index (χ0v) is 12.9. The Kier molecular flexibility index (Phi) is 4.18. The summed E-state index contributed by atoms with van der Waals surface area (Å²) in [4.78, 5) is 12.0. The molecule has 0 amide bonds. The Morgan fingerprint density at radius 1 is 1.23 bits per heavy atom. The van der Waals surface area contributed by atoms with E-state index in [1.807, 2.05) is 19.9 Å². The number of methoxy groups -OCH3 is 1. The molecule has 6 heteroatoms. The first-order valence-electron chi connectivity index (χ1n) is 7.26. The summed E-state index contributed by atoms with van der Waals surface area (Å²) in [5.41, 5.74) is 0.503. The molecule has 0 N–H and O–H groups in total. The van der Waals surface area contributed by atoms with E-state index in [1.165, 1.54) is 0 Å². The van der Waals surface area contributed by atoms with Crippen LogP contribution < -0.4 is 0 Å². The van der Waals surface area contributed by atoms with Crippen LogP contribution in [0.15, 0.2) is 30.3 Å². The number of esters is 1. The highest BCUT2D eigenvalue weighted by molar-refractivity contribution is 5.89. The standard InChI is InChI=1S/C16H20O6/c1-16(2)21-13-12(18-3)11(20-15(13)22-16)9-19-14(17)10-7-5-4-6-8-10/h4-8,11-13,15H,9H2,1-3H3/t11?,12?,13-,15-/m1/s1. The normalized spacial score (nSPS) is 32.7. The van der Waals surface area contributed by atoms with E-state index in [0.29, 0.717) is 5.56 Å². The van der Waals surface area contributed by atoms with E-state index >= 15 is 0 Å². The van der Waals surface area contributed by atoms with E-state index in [9.17, 15) is 4.79 Å². The molecule has 0 aromatic heterocycles. The van der Waals surface area contributed by atoms with Crippen LogP contribution in [-0.4, -0.2) is 50.1 Å². The van der Waals surface area contributed by atoms with Gasteiger partial charge in [0.1, 0.15) is 24.9 Å². The molecule has 0 spiro atoms. The molecule has 2 saturated heterocycles.